The number of ether oxygens (including phenoxy) is 1. The first-order chi connectivity index (χ1) is 16.4. The van der Waals surface area contributed by atoms with E-state index >= 15 is 0 Å². The highest BCUT2D eigenvalue weighted by Crippen LogP contribution is 2.29. The molecule has 3 rings (SSSR count). The van der Waals surface area contributed by atoms with Crippen LogP contribution >= 0.6 is 11.6 Å². The number of aryl methyl sites for hydroxylation is 2. The Hall–Kier alpha value is -3.44. The zero-order valence-electron chi connectivity index (χ0n) is 19.1. The van der Waals surface area contributed by atoms with Gasteiger partial charge in [0, 0.05) is 23.6 Å². The maximum Gasteiger partial charge on any atom is 0.221 e. The Labute approximate surface area is 204 Å². The first-order valence-electron chi connectivity index (χ1n) is 11.0. The van der Waals surface area contributed by atoms with Gasteiger partial charge in [-0.3, -0.25) is 14.4 Å². The maximum atomic E-state index is 13.4. The normalized spacial score (nSPS) is 12.5. The lowest BCUT2D eigenvalue weighted by molar-refractivity contribution is -0.136. The topological polar surface area (TPSA) is 86.5 Å². The number of Topliss-reactive ketones (excluding diaryl/α,β-unsaturated/α-hetero) is 2. The van der Waals surface area contributed by atoms with E-state index < -0.39 is 17.0 Å². The van der Waals surface area contributed by atoms with Crippen molar-refractivity contribution in [3.05, 3.63) is 94.5 Å². The van der Waals surface area contributed by atoms with Crippen LogP contribution in [0.4, 0.5) is 5.69 Å². The van der Waals surface area contributed by atoms with Crippen molar-refractivity contribution >= 4 is 35.1 Å². The molecule has 1 unspecified atom stereocenters. The highest BCUT2D eigenvalue weighted by Gasteiger charge is 2.45. The monoisotopic (exact) mass is 476 g/mol. The molecule has 3 aromatic carbocycles. The number of ketones is 2. The van der Waals surface area contributed by atoms with Gasteiger partial charge in [-0.05, 0) is 72.4 Å². The minimum absolute atomic E-state index is 0.0427. The summed E-state index contributed by atoms with van der Waals surface area (Å²) in [5.41, 5.74) is 6.97. The number of nitrogen functional groups attached to an aromatic ring is 1. The number of rotatable bonds is 12. The summed E-state index contributed by atoms with van der Waals surface area (Å²) in [7, 11) is 1.58. The Morgan fingerprint density at radius 3 is 1.76 bits per heavy atom. The Kier molecular flexibility index (Phi) is 8.61. The van der Waals surface area contributed by atoms with Crippen LogP contribution in [0.15, 0.2) is 72.8 Å². The van der Waals surface area contributed by atoms with Gasteiger partial charge in [-0.1, -0.05) is 48.0 Å². The van der Waals surface area contributed by atoms with Crippen LogP contribution in [0.5, 0.6) is 5.75 Å². The molecule has 0 aliphatic rings. The summed E-state index contributed by atoms with van der Waals surface area (Å²) in [6.07, 6.45) is 2.70. The third-order valence-corrected chi connectivity index (χ3v) is 6.18. The van der Waals surface area contributed by atoms with Crippen LogP contribution in [0, 0.1) is 5.41 Å². The van der Waals surface area contributed by atoms with E-state index in [-0.39, 0.29) is 19.3 Å². The summed E-state index contributed by atoms with van der Waals surface area (Å²) in [6, 6.07) is 21.3. The average molecular weight is 477 g/mol. The number of methoxy groups -OCH3 is 1. The van der Waals surface area contributed by atoms with E-state index in [1.165, 1.54) is 0 Å². The molecule has 0 bridgehead atoms. The molecule has 175 valence electrons. The zero-order valence-corrected chi connectivity index (χ0v) is 19.8. The number of benzene rings is 3. The first-order valence-corrected chi connectivity index (χ1v) is 11.4. The highest BCUT2D eigenvalue weighted by atomic mass is 35.5. The predicted octanol–water partition coefficient (Wildman–Crippen LogP) is 4.97. The second-order valence-corrected chi connectivity index (χ2v) is 8.68. The fraction of sp³-hybridized carbons (Fsp3) is 0.250. The molecule has 0 saturated heterocycles. The molecule has 0 aliphatic carbocycles. The van der Waals surface area contributed by atoms with Crippen molar-refractivity contribution in [2.45, 2.75) is 32.1 Å². The third-order valence-electron chi connectivity index (χ3n) is 5.93. The van der Waals surface area contributed by atoms with Crippen LogP contribution in [0.3, 0.4) is 0 Å². The van der Waals surface area contributed by atoms with Gasteiger partial charge in [0.05, 0.1) is 7.11 Å². The van der Waals surface area contributed by atoms with Gasteiger partial charge in [-0.2, -0.15) is 0 Å². The van der Waals surface area contributed by atoms with Gasteiger partial charge < -0.3 is 10.5 Å². The fourth-order valence-electron chi connectivity index (χ4n) is 3.83. The van der Waals surface area contributed by atoms with Crippen LogP contribution in [0.25, 0.3) is 0 Å². The molecule has 1 radical (unpaired) electrons. The molecule has 34 heavy (non-hydrogen) atoms. The van der Waals surface area contributed by atoms with Crippen molar-refractivity contribution in [2.24, 2.45) is 5.41 Å². The van der Waals surface area contributed by atoms with E-state index in [4.69, 9.17) is 22.1 Å². The van der Waals surface area contributed by atoms with Crippen LogP contribution < -0.4 is 10.5 Å². The summed E-state index contributed by atoms with van der Waals surface area (Å²) in [6.45, 7) is 0. The Bertz CT molecular complexity index is 1120. The molecular weight excluding hydrogens is 450 g/mol. The minimum Gasteiger partial charge on any atom is -0.497 e. The first kappa shape index (κ1) is 25.2. The van der Waals surface area contributed by atoms with Gasteiger partial charge in [0.15, 0.2) is 17.0 Å². The largest absolute Gasteiger partial charge is 0.497 e. The quantitative estimate of drug-likeness (QED) is 0.294. The van der Waals surface area contributed by atoms with Crippen molar-refractivity contribution in [2.75, 3.05) is 12.8 Å². The average Bonchev–Trinajstić information content (AvgIpc) is 2.86. The van der Waals surface area contributed by atoms with Crippen molar-refractivity contribution in [1.29, 1.82) is 0 Å². The molecule has 2 N–H and O–H groups in total. The number of carbonyl (C=O) groups excluding carboxylic acids is 3. The standard InChI is InChI=1S/C28H27ClNO4/c1-34-25-14-6-21(7-15-25)9-17-27(33)28(19-31,18-22-2-10-23(29)11-3-22)26(32)16-8-20-4-12-24(30)13-5-20/h2-7,10-15H,8-9,16-18,30H2,1H3. The molecule has 1 atom stereocenters. The predicted molar refractivity (Wildman–Crippen MR) is 134 cm³/mol. The smallest absolute Gasteiger partial charge is 0.221 e. The number of anilines is 1. The molecule has 0 fully saturated rings. The van der Waals surface area contributed by atoms with Crippen LogP contribution in [-0.2, 0) is 33.6 Å². The van der Waals surface area contributed by atoms with E-state index in [1.54, 1.807) is 43.5 Å². The van der Waals surface area contributed by atoms with Crippen LogP contribution in [0.2, 0.25) is 5.02 Å². The number of hydrogen-bond donors (Lipinski definition) is 1. The third kappa shape index (κ3) is 6.33. The molecule has 0 aliphatic heterocycles. The van der Waals surface area contributed by atoms with Gasteiger partial charge in [0.1, 0.15) is 5.75 Å². The van der Waals surface area contributed by atoms with Crippen molar-refractivity contribution < 1.29 is 19.1 Å². The second-order valence-electron chi connectivity index (χ2n) is 8.25. The Morgan fingerprint density at radius 2 is 1.29 bits per heavy atom. The molecule has 5 nitrogen and oxygen atoms in total. The van der Waals surface area contributed by atoms with Crippen LogP contribution in [0.1, 0.15) is 29.5 Å². The molecular formula is C28H27ClNO4. The Balaban J connectivity index is 1.81. The molecule has 0 aromatic heterocycles. The van der Waals surface area contributed by atoms with Gasteiger partial charge in [0.25, 0.3) is 0 Å². The second kappa shape index (κ2) is 11.6. The number of nitrogens with two attached hydrogens (primary N) is 1. The van der Waals surface area contributed by atoms with Crippen molar-refractivity contribution in [1.82, 2.24) is 0 Å². The van der Waals surface area contributed by atoms with Gasteiger partial charge >= 0.3 is 0 Å². The molecule has 0 spiro atoms. The van der Waals surface area contributed by atoms with Gasteiger partial charge in [-0.15, -0.1) is 0 Å². The van der Waals surface area contributed by atoms with Gasteiger partial charge in [-0.25, -0.2) is 0 Å². The van der Waals surface area contributed by atoms with Crippen LogP contribution in [-0.4, -0.2) is 25.0 Å². The minimum atomic E-state index is -1.87. The summed E-state index contributed by atoms with van der Waals surface area (Å²) >= 11 is 5.98. The molecule has 0 heterocycles. The SMILES string of the molecule is COc1ccc(CCC(=O)C([C]=O)(Cc2ccc(Cl)cc2)C(=O)CCc2ccc(N)cc2)cc1. The highest BCUT2D eigenvalue weighted by molar-refractivity contribution is 6.30. The summed E-state index contributed by atoms with van der Waals surface area (Å²) < 4.78 is 5.16. The van der Waals surface area contributed by atoms with Gasteiger partial charge in [0.2, 0.25) is 6.29 Å². The summed E-state index contributed by atoms with van der Waals surface area (Å²) in [5, 5.41) is 0.532. The lowest BCUT2D eigenvalue weighted by Gasteiger charge is -2.25. The molecule has 6 heteroatoms. The zero-order chi connectivity index (χ0) is 24.6. The van der Waals surface area contributed by atoms with E-state index in [0.29, 0.717) is 34.9 Å². The number of carbonyl (C=O) groups is 2. The van der Waals surface area contributed by atoms with E-state index in [2.05, 4.69) is 0 Å². The van der Waals surface area contributed by atoms with Crippen molar-refractivity contribution in [3.63, 3.8) is 0 Å². The lowest BCUT2D eigenvalue weighted by atomic mass is 9.72. The number of hydrogen-bond acceptors (Lipinski definition) is 5. The maximum absolute atomic E-state index is 13.4. The molecule has 3 aromatic rings. The lowest BCUT2D eigenvalue weighted by Crippen LogP contribution is -2.43. The summed E-state index contributed by atoms with van der Waals surface area (Å²) in [5.74, 6) is -0.157. The Morgan fingerprint density at radius 1 is 0.824 bits per heavy atom. The van der Waals surface area contributed by atoms with E-state index in [0.717, 1.165) is 11.1 Å². The van der Waals surface area contributed by atoms with E-state index in [9.17, 15) is 14.4 Å². The number of halogens is 1. The van der Waals surface area contributed by atoms with E-state index in [1.807, 2.05) is 42.7 Å². The summed E-state index contributed by atoms with van der Waals surface area (Å²) in [4.78, 5) is 39.1. The molecule has 0 saturated carbocycles. The molecule has 0 amide bonds. The fourth-order valence-corrected chi connectivity index (χ4v) is 3.96. The van der Waals surface area contributed by atoms with Crippen molar-refractivity contribution in [3.8, 4) is 5.75 Å².